The number of nitrogens with zero attached hydrogens (tertiary/aromatic N) is 6. The van der Waals surface area contributed by atoms with Gasteiger partial charge in [0, 0.05) is 50.2 Å². The Bertz CT molecular complexity index is 809. The molecule has 12 nitrogen and oxygen atoms in total. The SMILES string of the molecule is CN(SSN(C)C(=O)ON=C1SC(C)(C)C(=O)N1C)C(=O)ON=C1SC(C)(C)C(=O)N1C. The molecule has 0 bridgehead atoms. The minimum Gasteiger partial charge on any atom is -0.295 e. The van der Waals surface area contributed by atoms with Crippen LogP contribution in [0.25, 0.3) is 0 Å². The van der Waals surface area contributed by atoms with Crippen molar-refractivity contribution in [2.24, 2.45) is 10.3 Å². The van der Waals surface area contributed by atoms with Gasteiger partial charge in [-0.15, -0.1) is 0 Å². The molecule has 0 saturated carbocycles. The molecule has 2 saturated heterocycles. The highest BCUT2D eigenvalue weighted by Crippen LogP contribution is 2.37. The maximum absolute atomic E-state index is 12.1. The normalized spacial score (nSPS) is 22.0. The van der Waals surface area contributed by atoms with Crippen molar-refractivity contribution in [1.29, 1.82) is 0 Å². The summed E-state index contributed by atoms with van der Waals surface area (Å²) in [4.78, 5) is 60.7. The second-order valence-corrected chi connectivity index (χ2v) is 13.0. The van der Waals surface area contributed by atoms with Crippen molar-refractivity contribution in [3.05, 3.63) is 0 Å². The molecule has 0 aromatic carbocycles. The van der Waals surface area contributed by atoms with Crippen molar-refractivity contribution in [2.45, 2.75) is 37.2 Å². The Labute approximate surface area is 202 Å². The molecule has 0 atom stereocenters. The second-order valence-electron chi connectivity index (χ2n) is 7.56. The van der Waals surface area contributed by atoms with Gasteiger partial charge >= 0.3 is 12.2 Å². The summed E-state index contributed by atoms with van der Waals surface area (Å²) in [6.45, 7) is 7.01. The van der Waals surface area contributed by atoms with E-state index in [1.807, 2.05) is 0 Å². The molecule has 0 aromatic rings. The summed E-state index contributed by atoms with van der Waals surface area (Å²) in [6.07, 6.45) is -1.60. The zero-order valence-corrected chi connectivity index (χ0v) is 22.0. The molecule has 4 amide bonds. The lowest BCUT2D eigenvalue weighted by molar-refractivity contribution is -0.128. The van der Waals surface area contributed by atoms with Gasteiger partial charge in [0.05, 0.1) is 9.49 Å². The van der Waals surface area contributed by atoms with Gasteiger partial charge in [0.1, 0.15) is 0 Å². The maximum atomic E-state index is 12.1. The van der Waals surface area contributed by atoms with Gasteiger partial charge in [0.2, 0.25) is 22.1 Å². The van der Waals surface area contributed by atoms with Crippen LogP contribution in [0.3, 0.4) is 0 Å². The van der Waals surface area contributed by atoms with E-state index in [0.717, 1.165) is 30.6 Å². The van der Waals surface area contributed by atoms with Crippen molar-refractivity contribution >= 4 is 79.8 Å². The first-order valence-electron chi connectivity index (χ1n) is 9.02. The third-order valence-electron chi connectivity index (χ3n) is 4.08. The fourth-order valence-corrected chi connectivity index (χ4v) is 5.56. The average Bonchev–Trinajstić information content (AvgIpc) is 3.05. The molecule has 0 aromatic heterocycles. The van der Waals surface area contributed by atoms with Gasteiger partial charge in [0.25, 0.3) is 0 Å². The van der Waals surface area contributed by atoms with E-state index >= 15 is 0 Å². The van der Waals surface area contributed by atoms with Gasteiger partial charge in [0.15, 0.2) is 0 Å². The molecule has 2 heterocycles. The van der Waals surface area contributed by atoms with Gasteiger partial charge in [-0.25, -0.2) is 18.2 Å². The fourth-order valence-electron chi connectivity index (χ4n) is 2.25. The molecule has 0 N–H and O–H groups in total. The first kappa shape index (κ1) is 26.5. The number of carbonyl (C=O) groups is 4. The molecule has 0 spiro atoms. The minimum atomic E-state index is -0.798. The van der Waals surface area contributed by atoms with Crippen molar-refractivity contribution < 1.29 is 28.9 Å². The van der Waals surface area contributed by atoms with E-state index in [2.05, 4.69) is 10.3 Å². The maximum Gasteiger partial charge on any atom is 0.446 e. The summed E-state index contributed by atoms with van der Waals surface area (Å²) < 4.78 is 0.854. The molecule has 32 heavy (non-hydrogen) atoms. The Hall–Kier alpha value is -1.78. The van der Waals surface area contributed by atoms with Crippen LogP contribution in [0.15, 0.2) is 10.3 Å². The van der Waals surface area contributed by atoms with Gasteiger partial charge < -0.3 is 0 Å². The molecule has 178 valence electrons. The third-order valence-corrected chi connectivity index (χ3v) is 8.87. The standard InChI is InChI=1S/C16H24N6O6S4/c1-15(2)9(23)19(5)11(29-15)17-27-13(25)21(7)31-32-22(8)14(26)28-18-12-20(6)10(24)16(3,4)30-12/h1-8H3. The monoisotopic (exact) mass is 524 g/mol. The predicted octanol–water partition coefficient (Wildman–Crippen LogP) is 2.84. The first-order chi connectivity index (χ1) is 14.7. The van der Waals surface area contributed by atoms with Crippen LogP contribution in [-0.2, 0) is 19.3 Å². The van der Waals surface area contributed by atoms with Gasteiger partial charge in [-0.1, -0.05) is 23.5 Å². The third kappa shape index (κ3) is 5.96. The van der Waals surface area contributed by atoms with E-state index < -0.39 is 21.7 Å². The number of hydrogen-bond acceptors (Lipinski definition) is 12. The number of thioether (sulfide) groups is 2. The lowest BCUT2D eigenvalue weighted by Crippen LogP contribution is -2.33. The van der Waals surface area contributed by atoms with E-state index in [1.54, 1.807) is 41.8 Å². The molecular formula is C16H24N6O6S4. The van der Waals surface area contributed by atoms with Crippen molar-refractivity contribution in [1.82, 2.24) is 18.4 Å². The lowest BCUT2D eigenvalue weighted by Gasteiger charge is -2.17. The number of carbonyl (C=O) groups excluding carboxylic acids is 4. The largest absolute Gasteiger partial charge is 0.446 e. The van der Waals surface area contributed by atoms with Crippen molar-refractivity contribution in [3.63, 3.8) is 0 Å². The zero-order chi connectivity index (χ0) is 24.4. The highest BCUT2D eigenvalue weighted by molar-refractivity contribution is 8.75. The molecule has 2 rings (SSSR count). The summed E-state index contributed by atoms with van der Waals surface area (Å²) >= 11 is 2.37. The molecule has 0 radical (unpaired) electrons. The Morgan fingerprint density at radius 1 is 0.812 bits per heavy atom. The molecular weight excluding hydrogens is 500 g/mol. The number of oxime groups is 2. The van der Waals surface area contributed by atoms with Crippen LogP contribution in [0.2, 0.25) is 0 Å². The predicted molar refractivity (Wildman–Crippen MR) is 127 cm³/mol. The molecule has 16 heteroatoms. The Balaban J connectivity index is 1.81. The summed E-state index contributed by atoms with van der Waals surface area (Å²) in [7, 11) is 7.73. The summed E-state index contributed by atoms with van der Waals surface area (Å²) in [5, 5.41) is 8.04. The quantitative estimate of drug-likeness (QED) is 0.229. The number of amides is 4. The highest BCUT2D eigenvalue weighted by Gasteiger charge is 2.44. The van der Waals surface area contributed by atoms with Crippen LogP contribution in [-0.4, -0.2) is 90.4 Å². The van der Waals surface area contributed by atoms with Gasteiger partial charge in [-0.3, -0.25) is 29.1 Å². The Morgan fingerprint density at radius 2 is 1.12 bits per heavy atom. The van der Waals surface area contributed by atoms with Crippen LogP contribution in [0.4, 0.5) is 9.59 Å². The summed E-state index contributed by atoms with van der Waals surface area (Å²) in [5.74, 6) is -0.288. The first-order valence-corrected chi connectivity index (χ1v) is 12.7. The molecule has 2 fully saturated rings. The van der Waals surface area contributed by atoms with Crippen LogP contribution < -0.4 is 0 Å². The van der Waals surface area contributed by atoms with Crippen LogP contribution in [0.5, 0.6) is 0 Å². The van der Waals surface area contributed by atoms with Crippen LogP contribution in [0.1, 0.15) is 27.7 Å². The van der Waals surface area contributed by atoms with E-state index in [0.29, 0.717) is 0 Å². The summed E-state index contributed by atoms with van der Waals surface area (Å²) in [5.41, 5.74) is 0. The molecule has 0 unspecified atom stereocenters. The smallest absolute Gasteiger partial charge is 0.295 e. The number of hydrogen-bond donors (Lipinski definition) is 0. The van der Waals surface area contributed by atoms with Crippen LogP contribution in [0, 0.1) is 0 Å². The topological polar surface area (TPSA) is 124 Å². The Morgan fingerprint density at radius 3 is 1.38 bits per heavy atom. The van der Waals surface area contributed by atoms with E-state index in [-0.39, 0.29) is 22.1 Å². The second kappa shape index (κ2) is 10.0. The summed E-state index contributed by atoms with van der Waals surface area (Å²) in [6, 6.07) is 0. The molecule has 2 aliphatic rings. The Kier molecular flexibility index (Phi) is 8.28. The number of amidine groups is 2. The van der Waals surface area contributed by atoms with Gasteiger partial charge in [-0.05, 0) is 38.0 Å². The van der Waals surface area contributed by atoms with Crippen molar-refractivity contribution in [3.8, 4) is 0 Å². The molecule has 0 aliphatic carbocycles. The van der Waals surface area contributed by atoms with E-state index in [4.69, 9.17) is 9.68 Å². The average molecular weight is 525 g/mol. The highest BCUT2D eigenvalue weighted by atomic mass is 33.1. The van der Waals surface area contributed by atoms with Crippen LogP contribution >= 0.6 is 45.5 Å². The van der Waals surface area contributed by atoms with E-state index in [1.165, 1.54) is 47.4 Å². The van der Waals surface area contributed by atoms with Crippen molar-refractivity contribution in [2.75, 3.05) is 28.2 Å². The molecule has 2 aliphatic heterocycles. The van der Waals surface area contributed by atoms with Gasteiger partial charge in [-0.2, -0.15) is 0 Å². The zero-order valence-electron chi connectivity index (χ0n) is 18.8. The lowest BCUT2D eigenvalue weighted by atomic mass is 10.2. The van der Waals surface area contributed by atoms with E-state index in [9.17, 15) is 19.2 Å². The fraction of sp³-hybridized carbons (Fsp3) is 0.625. The minimum absolute atomic E-state index is 0.144. The number of rotatable bonds is 5.